The van der Waals surface area contributed by atoms with Gasteiger partial charge in [-0.2, -0.15) is 9.97 Å². The highest BCUT2D eigenvalue weighted by atomic mass is 16.5. The van der Waals surface area contributed by atoms with Crippen molar-refractivity contribution in [3.8, 4) is 6.01 Å². The van der Waals surface area contributed by atoms with Gasteiger partial charge in [0.1, 0.15) is 18.2 Å². The second-order valence-corrected chi connectivity index (χ2v) is 10.9. The molecular weight excluding hydrogens is 486 g/mol. The molecule has 1 unspecified atom stereocenters. The highest BCUT2D eigenvalue weighted by Gasteiger charge is 2.29. The van der Waals surface area contributed by atoms with Crippen LogP contribution in [0.25, 0.3) is 16.8 Å². The summed E-state index contributed by atoms with van der Waals surface area (Å²) in [5, 5.41) is 2.54. The standard InChI is InChI=1S/C31H35N7O/c1-3-29-32-18-24-19-37(16-17-38(24)29)30-26-13-15-36(28-12-6-9-22-8-4-5-11-25(22)28)20-27(26)33-31(34-30)39-21-23-10-7-14-35(23)2/h3-6,8-9,11-12,18,23H,1,7,10,13-17,19-21H2,2H3. The smallest absolute Gasteiger partial charge is 0.318 e. The van der Waals surface area contributed by atoms with Gasteiger partial charge in [-0.05, 0) is 50.4 Å². The number of ether oxygens (including phenoxy) is 1. The van der Waals surface area contributed by atoms with Gasteiger partial charge in [-0.3, -0.25) is 0 Å². The molecule has 5 heterocycles. The fourth-order valence-electron chi connectivity index (χ4n) is 6.42. The maximum Gasteiger partial charge on any atom is 0.318 e. The van der Waals surface area contributed by atoms with Crippen LogP contribution in [0.2, 0.25) is 0 Å². The average Bonchev–Trinajstić information content (AvgIpc) is 3.59. The summed E-state index contributed by atoms with van der Waals surface area (Å²) in [5.74, 6) is 1.95. The quantitative estimate of drug-likeness (QED) is 0.370. The molecular formula is C31H35N7O. The zero-order valence-electron chi connectivity index (χ0n) is 22.6. The van der Waals surface area contributed by atoms with Crippen molar-refractivity contribution >= 4 is 28.4 Å². The highest BCUT2D eigenvalue weighted by molar-refractivity contribution is 5.94. The van der Waals surface area contributed by atoms with Crippen LogP contribution in [0.15, 0.2) is 55.2 Å². The normalized spacial score (nSPS) is 19.3. The van der Waals surface area contributed by atoms with E-state index in [4.69, 9.17) is 14.7 Å². The Kier molecular flexibility index (Phi) is 6.19. The van der Waals surface area contributed by atoms with E-state index in [2.05, 4.69) is 80.3 Å². The topological polar surface area (TPSA) is 62.6 Å². The number of hydrogen-bond donors (Lipinski definition) is 0. The Morgan fingerprint density at radius 2 is 1.90 bits per heavy atom. The van der Waals surface area contributed by atoms with Crippen molar-refractivity contribution in [2.24, 2.45) is 0 Å². The van der Waals surface area contributed by atoms with Crippen LogP contribution in [-0.4, -0.2) is 63.7 Å². The van der Waals surface area contributed by atoms with E-state index in [1.165, 1.54) is 34.1 Å². The van der Waals surface area contributed by atoms with Crippen LogP contribution in [0.4, 0.5) is 11.5 Å². The van der Waals surface area contributed by atoms with E-state index in [1.807, 2.05) is 12.3 Å². The number of anilines is 2. The number of rotatable bonds is 6. The lowest BCUT2D eigenvalue weighted by molar-refractivity contribution is 0.187. The number of likely N-dealkylation sites (tertiary alicyclic amines) is 1. The molecule has 4 aromatic rings. The lowest BCUT2D eigenvalue weighted by Gasteiger charge is -2.35. The molecule has 0 radical (unpaired) electrons. The van der Waals surface area contributed by atoms with Crippen LogP contribution in [0.1, 0.15) is 35.6 Å². The van der Waals surface area contributed by atoms with Crippen LogP contribution in [0, 0.1) is 0 Å². The van der Waals surface area contributed by atoms with Crippen LogP contribution in [0.3, 0.4) is 0 Å². The summed E-state index contributed by atoms with van der Waals surface area (Å²) in [6, 6.07) is 16.1. The van der Waals surface area contributed by atoms with E-state index in [-0.39, 0.29) is 0 Å². The van der Waals surface area contributed by atoms with Gasteiger partial charge in [-0.25, -0.2) is 4.98 Å². The van der Waals surface area contributed by atoms with Crippen molar-refractivity contribution in [1.82, 2.24) is 24.4 Å². The SMILES string of the molecule is C=Cc1ncc2n1CCN(c1nc(OCC3CCCN3C)nc3c1CCN(c1cccc4ccccc14)C3)C2. The van der Waals surface area contributed by atoms with Crippen molar-refractivity contribution in [3.05, 3.63) is 78.0 Å². The van der Waals surface area contributed by atoms with E-state index < -0.39 is 0 Å². The third-order valence-electron chi connectivity index (χ3n) is 8.60. The number of likely N-dealkylation sites (N-methyl/N-ethyl adjacent to an activating group) is 1. The number of nitrogens with zero attached hydrogens (tertiary/aromatic N) is 7. The van der Waals surface area contributed by atoms with Crippen molar-refractivity contribution in [2.45, 2.75) is 44.9 Å². The van der Waals surface area contributed by atoms with E-state index in [0.717, 1.165) is 69.4 Å². The minimum Gasteiger partial charge on any atom is -0.462 e. The average molecular weight is 522 g/mol. The number of imidazole rings is 1. The lowest BCUT2D eigenvalue weighted by Crippen LogP contribution is -2.38. The van der Waals surface area contributed by atoms with E-state index in [0.29, 0.717) is 18.7 Å². The first-order chi connectivity index (χ1) is 19.2. The van der Waals surface area contributed by atoms with Gasteiger partial charge in [-0.1, -0.05) is 43.0 Å². The Hall–Kier alpha value is -3.91. The first kappa shape index (κ1) is 24.2. The maximum atomic E-state index is 6.32. The zero-order valence-corrected chi connectivity index (χ0v) is 22.6. The number of hydrogen-bond acceptors (Lipinski definition) is 7. The van der Waals surface area contributed by atoms with Gasteiger partial charge in [-0.15, -0.1) is 0 Å². The summed E-state index contributed by atoms with van der Waals surface area (Å²) in [7, 11) is 2.18. The van der Waals surface area contributed by atoms with Gasteiger partial charge >= 0.3 is 6.01 Å². The molecule has 3 aliphatic heterocycles. The van der Waals surface area contributed by atoms with E-state index in [1.54, 1.807) is 0 Å². The van der Waals surface area contributed by atoms with Gasteiger partial charge in [0.15, 0.2) is 0 Å². The molecule has 2 aromatic heterocycles. The summed E-state index contributed by atoms with van der Waals surface area (Å²) >= 11 is 0. The minimum absolute atomic E-state index is 0.418. The number of fused-ring (bicyclic) bond motifs is 3. The molecule has 8 nitrogen and oxygen atoms in total. The molecule has 0 amide bonds. The van der Waals surface area contributed by atoms with Crippen LogP contribution < -0.4 is 14.5 Å². The summed E-state index contributed by atoms with van der Waals surface area (Å²) < 4.78 is 8.58. The summed E-state index contributed by atoms with van der Waals surface area (Å²) in [5.41, 5.74) is 4.76. The Morgan fingerprint density at radius 1 is 1.00 bits per heavy atom. The summed E-state index contributed by atoms with van der Waals surface area (Å²) in [6.45, 7) is 9.83. The molecule has 39 heavy (non-hydrogen) atoms. The highest BCUT2D eigenvalue weighted by Crippen LogP contribution is 2.35. The predicted octanol–water partition coefficient (Wildman–Crippen LogP) is 4.53. The molecule has 0 saturated carbocycles. The largest absolute Gasteiger partial charge is 0.462 e. The van der Waals surface area contributed by atoms with Crippen molar-refractivity contribution in [2.75, 3.05) is 43.1 Å². The van der Waals surface area contributed by atoms with Crippen molar-refractivity contribution < 1.29 is 4.74 Å². The molecule has 200 valence electrons. The van der Waals surface area contributed by atoms with E-state index in [9.17, 15) is 0 Å². The van der Waals surface area contributed by atoms with Crippen LogP contribution >= 0.6 is 0 Å². The van der Waals surface area contributed by atoms with Gasteiger partial charge in [0.05, 0.1) is 30.7 Å². The molecule has 0 aliphatic carbocycles. The molecule has 1 atom stereocenters. The van der Waals surface area contributed by atoms with Crippen LogP contribution in [-0.2, 0) is 26.1 Å². The van der Waals surface area contributed by atoms with Gasteiger partial charge in [0.25, 0.3) is 0 Å². The Labute approximate surface area is 229 Å². The first-order valence-corrected chi connectivity index (χ1v) is 14.1. The number of aromatic nitrogens is 4. The van der Waals surface area contributed by atoms with Crippen LogP contribution in [0.5, 0.6) is 6.01 Å². The second kappa shape index (κ2) is 10.0. The zero-order chi connectivity index (χ0) is 26.3. The predicted molar refractivity (Wildman–Crippen MR) is 155 cm³/mol. The third kappa shape index (κ3) is 4.42. The Morgan fingerprint density at radius 3 is 2.77 bits per heavy atom. The molecule has 1 fully saturated rings. The second-order valence-electron chi connectivity index (χ2n) is 10.9. The molecule has 3 aliphatic rings. The lowest BCUT2D eigenvalue weighted by atomic mass is 10.0. The van der Waals surface area contributed by atoms with E-state index >= 15 is 0 Å². The summed E-state index contributed by atoms with van der Waals surface area (Å²) in [6.07, 6.45) is 7.07. The Balaban J connectivity index is 1.23. The van der Waals surface area contributed by atoms with Crippen molar-refractivity contribution in [3.63, 3.8) is 0 Å². The van der Waals surface area contributed by atoms with Crippen molar-refractivity contribution in [1.29, 1.82) is 0 Å². The summed E-state index contributed by atoms with van der Waals surface area (Å²) in [4.78, 5) is 21.8. The van der Waals surface area contributed by atoms with Gasteiger partial charge in [0, 0.05) is 42.3 Å². The fourth-order valence-corrected chi connectivity index (χ4v) is 6.42. The van der Waals surface area contributed by atoms with Gasteiger partial charge < -0.3 is 24.0 Å². The monoisotopic (exact) mass is 521 g/mol. The van der Waals surface area contributed by atoms with Gasteiger partial charge in [0.2, 0.25) is 0 Å². The maximum absolute atomic E-state index is 6.32. The molecule has 2 aromatic carbocycles. The fraction of sp³-hybridized carbons (Fsp3) is 0.387. The molecule has 0 spiro atoms. The third-order valence-corrected chi connectivity index (χ3v) is 8.60. The molecule has 0 bridgehead atoms. The molecule has 1 saturated heterocycles. The molecule has 0 N–H and O–H groups in total. The number of benzene rings is 2. The first-order valence-electron chi connectivity index (χ1n) is 14.1. The molecule has 7 rings (SSSR count). The molecule has 8 heteroatoms. The Bertz CT molecular complexity index is 1520. The minimum atomic E-state index is 0.418.